The van der Waals surface area contributed by atoms with Crippen molar-refractivity contribution in [3.05, 3.63) is 5.69 Å². The molecule has 20 heavy (non-hydrogen) atoms. The number of aromatic nitrogens is 4. The predicted octanol–water partition coefficient (Wildman–Crippen LogP) is 0.633. The van der Waals surface area contributed by atoms with Gasteiger partial charge in [0.1, 0.15) is 5.52 Å². The summed E-state index contributed by atoms with van der Waals surface area (Å²) in [6.07, 6.45) is 1.65. The number of fused-ring (bicyclic) bond motifs is 1. The van der Waals surface area contributed by atoms with Crippen LogP contribution in [-0.4, -0.2) is 52.4 Å². The van der Waals surface area contributed by atoms with Crippen molar-refractivity contribution in [2.75, 3.05) is 17.8 Å². The minimum atomic E-state index is -0.918. The number of aliphatic carboxylic acids is 1. The molecule has 0 aliphatic rings. The predicted molar refractivity (Wildman–Crippen MR) is 78.5 cm³/mol. The quantitative estimate of drug-likeness (QED) is 0.786. The Balaban J connectivity index is 2.43. The van der Waals surface area contributed by atoms with Gasteiger partial charge in [0.05, 0.1) is 11.4 Å². The second kappa shape index (κ2) is 5.96. The SMILES string of the molecule is Cc1nn(C)c2c1nc(SCC(=O)O)n2CCS(C)=O. The average Bonchev–Trinajstić information content (AvgIpc) is 2.83. The van der Waals surface area contributed by atoms with Crippen molar-refractivity contribution in [2.24, 2.45) is 7.05 Å². The summed E-state index contributed by atoms with van der Waals surface area (Å²) >= 11 is 1.17. The lowest BCUT2D eigenvalue weighted by molar-refractivity contribution is -0.133. The van der Waals surface area contributed by atoms with Crippen LogP contribution < -0.4 is 0 Å². The lowest BCUT2D eigenvalue weighted by atomic mass is 10.4. The molecule has 2 aromatic heterocycles. The Kier molecular flexibility index (Phi) is 4.48. The van der Waals surface area contributed by atoms with Gasteiger partial charge in [-0.2, -0.15) is 5.10 Å². The number of hydrogen-bond donors (Lipinski definition) is 1. The molecular formula is C11H16N4O3S2. The maximum absolute atomic E-state index is 11.3. The highest BCUT2D eigenvalue weighted by molar-refractivity contribution is 7.99. The van der Waals surface area contributed by atoms with Gasteiger partial charge in [-0.15, -0.1) is 0 Å². The summed E-state index contributed by atoms with van der Waals surface area (Å²) in [5.41, 5.74) is 2.40. The van der Waals surface area contributed by atoms with E-state index in [-0.39, 0.29) is 5.75 Å². The molecule has 0 fully saturated rings. The van der Waals surface area contributed by atoms with Gasteiger partial charge in [-0.25, -0.2) is 4.98 Å². The molecule has 0 spiro atoms. The highest BCUT2D eigenvalue weighted by atomic mass is 32.2. The minimum Gasteiger partial charge on any atom is -0.481 e. The Bertz CT molecular complexity index is 677. The fraction of sp³-hybridized carbons (Fsp3) is 0.545. The molecule has 0 bridgehead atoms. The molecule has 0 amide bonds. The summed E-state index contributed by atoms with van der Waals surface area (Å²) in [5.74, 6) is -0.441. The third-order valence-electron chi connectivity index (χ3n) is 2.78. The van der Waals surface area contributed by atoms with Crippen LogP contribution in [0.1, 0.15) is 5.69 Å². The molecule has 110 valence electrons. The van der Waals surface area contributed by atoms with E-state index < -0.39 is 16.8 Å². The lowest BCUT2D eigenvalue weighted by Crippen LogP contribution is -2.11. The van der Waals surface area contributed by atoms with Crippen LogP contribution in [0.4, 0.5) is 0 Å². The Hall–Kier alpha value is -1.35. The molecule has 2 rings (SSSR count). The Morgan fingerprint density at radius 3 is 2.80 bits per heavy atom. The van der Waals surface area contributed by atoms with Crippen molar-refractivity contribution in [3.63, 3.8) is 0 Å². The molecule has 0 saturated carbocycles. The van der Waals surface area contributed by atoms with Crippen molar-refractivity contribution >= 4 is 39.7 Å². The van der Waals surface area contributed by atoms with Gasteiger partial charge in [0.15, 0.2) is 10.8 Å². The highest BCUT2D eigenvalue weighted by Crippen LogP contribution is 2.25. The third kappa shape index (κ3) is 3.04. The van der Waals surface area contributed by atoms with Crippen LogP contribution in [0.25, 0.3) is 11.2 Å². The van der Waals surface area contributed by atoms with Gasteiger partial charge >= 0.3 is 5.97 Å². The van der Waals surface area contributed by atoms with E-state index in [9.17, 15) is 9.00 Å². The van der Waals surface area contributed by atoms with Crippen LogP contribution in [0.2, 0.25) is 0 Å². The van der Waals surface area contributed by atoms with E-state index in [1.54, 1.807) is 10.9 Å². The van der Waals surface area contributed by atoms with Gasteiger partial charge < -0.3 is 9.67 Å². The Morgan fingerprint density at radius 1 is 1.50 bits per heavy atom. The first-order chi connectivity index (χ1) is 9.40. The van der Waals surface area contributed by atoms with Crippen LogP contribution in [0.3, 0.4) is 0 Å². The molecule has 0 radical (unpaired) electrons. The number of thioether (sulfide) groups is 1. The fourth-order valence-electron chi connectivity index (χ4n) is 1.97. The molecule has 1 N–H and O–H groups in total. The fourth-order valence-corrected chi connectivity index (χ4v) is 3.15. The molecule has 1 unspecified atom stereocenters. The van der Waals surface area contributed by atoms with Gasteiger partial charge in [0, 0.05) is 36.4 Å². The minimum absolute atomic E-state index is 0.0506. The number of rotatable bonds is 6. The zero-order chi connectivity index (χ0) is 14.9. The first-order valence-corrected chi connectivity index (χ1v) is 8.66. The summed E-state index contributed by atoms with van der Waals surface area (Å²) in [6.45, 7) is 2.39. The van der Waals surface area contributed by atoms with E-state index in [0.29, 0.717) is 17.5 Å². The maximum atomic E-state index is 11.3. The van der Waals surface area contributed by atoms with Gasteiger partial charge in [-0.1, -0.05) is 11.8 Å². The summed E-state index contributed by atoms with van der Waals surface area (Å²) in [7, 11) is 0.904. The number of hydrogen-bond acceptors (Lipinski definition) is 5. The molecule has 7 nitrogen and oxygen atoms in total. The zero-order valence-electron chi connectivity index (χ0n) is 11.5. The number of aryl methyl sites for hydroxylation is 3. The van der Waals surface area contributed by atoms with Crippen molar-refractivity contribution in [1.29, 1.82) is 0 Å². The van der Waals surface area contributed by atoms with Crippen molar-refractivity contribution < 1.29 is 14.1 Å². The number of carboxylic acids is 1. The summed E-state index contributed by atoms with van der Waals surface area (Å²) in [6, 6.07) is 0. The average molecular weight is 316 g/mol. The Morgan fingerprint density at radius 2 is 2.20 bits per heavy atom. The van der Waals surface area contributed by atoms with E-state index in [1.807, 2.05) is 18.5 Å². The van der Waals surface area contributed by atoms with Crippen LogP contribution in [0.5, 0.6) is 0 Å². The number of nitrogens with zero attached hydrogens (tertiary/aromatic N) is 4. The molecule has 0 aliphatic heterocycles. The number of carboxylic acid groups (broad SMARTS) is 1. The van der Waals surface area contributed by atoms with Gasteiger partial charge in [0.2, 0.25) is 0 Å². The molecule has 0 aliphatic carbocycles. The maximum Gasteiger partial charge on any atom is 0.313 e. The van der Waals surface area contributed by atoms with E-state index >= 15 is 0 Å². The van der Waals surface area contributed by atoms with Crippen LogP contribution in [-0.2, 0) is 29.2 Å². The lowest BCUT2D eigenvalue weighted by Gasteiger charge is -2.07. The van der Waals surface area contributed by atoms with Crippen molar-refractivity contribution in [1.82, 2.24) is 19.3 Å². The molecular weight excluding hydrogens is 300 g/mol. The summed E-state index contributed by atoms with van der Waals surface area (Å²) in [5, 5.41) is 13.7. The first-order valence-electron chi connectivity index (χ1n) is 5.94. The van der Waals surface area contributed by atoms with E-state index in [0.717, 1.165) is 16.9 Å². The topological polar surface area (TPSA) is 90.0 Å². The normalized spacial score (nSPS) is 12.9. The van der Waals surface area contributed by atoms with Crippen molar-refractivity contribution in [3.8, 4) is 0 Å². The molecule has 0 aromatic carbocycles. The molecule has 9 heteroatoms. The second-order valence-corrected chi connectivity index (χ2v) is 6.88. The zero-order valence-corrected chi connectivity index (χ0v) is 13.1. The standard InChI is InChI=1S/C11H16N4O3S2/c1-7-9-10(14(2)13-7)15(4-5-20(3)18)11(12-9)19-6-8(16)17/h4-6H2,1-3H3,(H,16,17). The number of imidazole rings is 1. The van der Waals surface area contributed by atoms with Gasteiger partial charge in [-0.05, 0) is 6.92 Å². The van der Waals surface area contributed by atoms with Crippen LogP contribution >= 0.6 is 11.8 Å². The first kappa shape index (κ1) is 15.0. The molecule has 2 heterocycles. The van der Waals surface area contributed by atoms with Gasteiger partial charge in [0.25, 0.3) is 0 Å². The molecule has 0 saturated heterocycles. The third-order valence-corrected chi connectivity index (χ3v) is 4.50. The molecule has 2 aromatic rings. The van der Waals surface area contributed by atoms with E-state index in [1.165, 1.54) is 11.8 Å². The highest BCUT2D eigenvalue weighted by Gasteiger charge is 2.18. The largest absolute Gasteiger partial charge is 0.481 e. The smallest absolute Gasteiger partial charge is 0.313 e. The van der Waals surface area contributed by atoms with Crippen LogP contribution in [0, 0.1) is 6.92 Å². The Labute approximate surface area is 122 Å². The second-order valence-electron chi connectivity index (χ2n) is 4.39. The monoisotopic (exact) mass is 316 g/mol. The van der Waals surface area contributed by atoms with E-state index in [2.05, 4.69) is 10.1 Å². The summed E-state index contributed by atoms with van der Waals surface area (Å²) < 4.78 is 14.9. The molecule has 1 atom stereocenters. The number of carbonyl (C=O) groups is 1. The summed E-state index contributed by atoms with van der Waals surface area (Å²) in [4.78, 5) is 15.2. The van der Waals surface area contributed by atoms with E-state index in [4.69, 9.17) is 5.11 Å². The van der Waals surface area contributed by atoms with Crippen LogP contribution in [0.15, 0.2) is 5.16 Å². The van der Waals surface area contributed by atoms with Gasteiger partial charge in [-0.3, -0.25) is 13.7 Å². The van der Waals surface area contributed by atoms with Crippen molar-refractivity contribution in [2.45, 2.75) is 18.6 Å².